The van der Waals surface area contributed by atoms with Gasteiger partial charge in [0.2, 0.25) is 0 Å². The van der Waals surface area contributed by atoms with E-state index in [0.717, 1.165) is 36.3 Å². The van der Waals surface area contributed by atoms with Gasteiger partial charge in [-0.3, -0.25) is 0 Å². The van der Waals surface area contributed by atoms with E-state index in [1.807, 2.05) is 12.1 Å². The molecular weight excluding hydrogens is 242 g/mol. The van der Waals surface area contributed by atoms with Crippen molar-refractivity contribution in [2.75, 3.05) is 19.8 Å². The maximum atomic E-state index is 10.1. The summed E-state index contributed by atoms with van der Waals surface area (Å²) in [5.41, 5.74) is 0.675. The highest BCUT2D eigenvalue weighted by atomic mass is 16.6. The van der Waals surface area contributed by atoms with E-state index in [4.69, 9.17) is 9.47 Å². The Hall–Kier alpha value is -1.26. The predicted octanol–water partition coefficient (Wildman–Crippen LogP) is 2.02. The third kappa shape index (κ3) is 2.69. The van der Waals surface area contributed by atoms with Crippen LogP contribution in [0.5, 0.6) is 11.5 Å². The highest BCUT2D eigenvalue weighted by Gasteiger charge is 2.34. The summed E-state index contributed by atoms with van der Waals surface area (Å²) in [7, 11) is 0. The standard InChI is InChI=1S/C15H21NO3/c1-11(16-10-15(17)5-2-6-15)12-3-4-13-14(9-12)19-8-7-18-13/h3-4,9,11,16-17H,2,5-8,10H2,1H3. The summed E-state index contributed by atoms with van der Waals surface area (Å²) in [4.78, 5) is 0. The van der Waals surface area contributed by atoms with Crippen molar-refractivity contribution >= 4 is 0 Å². The Bertz CT molecular complexity index is 457. The number of hydrogen-bond acceptors (Lipinski definition) is 4. The SMILES string of the molecule is CC(NCC1(O)CCC1)c1ccc2c(c1)OCCO2. The summed E-state index contributed by atoms with van der Waals surface area (Å²) in [6.45, 7) is 3.99. The average molecular weight is 263 g/mol. The molecule has 1 saturated carbocycles. The fourth-order valence-corrected chi connectivity index (χ4v) is 2.55. The van der Waals surface area contributed by atoms with Gasteiger partial charge in [-0.25, -0.2) is 0 Å². The van der Waals surface area contributed by atoms with E-state index in [9.17, 15) is 5.11 Å². The van der Waals surface area contributed by atoms with Crippen molar-refractivity contribution < 1.29 is 14.6 Å². The normalized spacial score (nSPS) is 21.6. The van der Waals surface area contributed by atoms with Crippen molar-refractivity contribution in [1.29, 1.82) is 0 Å². The third-order valence-corrected chi connectivity index (χ3v) is 4.09. The van der Waals surface area contributed by atoms with Gasteiger partial charge >= 0.3 is 0 Å². The van der Waals surface area contributed by atoms with Crippen LogP contribution in [0.1, 0.15) is 37.8 Å². The average Bonchev–Trinajstić information content (AvgIpc) is 2.42. The molecule has 1 aliphatic carbocycles. The first-order valence-corrected chi connectivity index (χ1v) is 7.02. The van der Waals surface area contributed by atoms with Gasteiger partial charge in [-0.2, -0.15) is 0 Å². The van der Waals surface area contributed by atoms with Gasteiger partial charge in [0.05, 0.1) is 5.60 Å². The lowest BCUT2D eigenvalue weighted by molar-refractivity contribution is -0.0329. The third-order valence-electron chi connectivity index (χ3n) is 4.09. The van der Waals surface area contributed by atoms with Gasteiger partial charge in [-0.1, -0.05) is 6.07 Å². The molecule has 104 valence electrons. The van der Waals surface area contributed by atoms with E-state index in [0.29, 0.717) is 19.8 Å². The molecule has 0 aromatic heterocycles. The fraction of sp³-hybridized carbons (Fsp3) is 0.600. The second kappa shape index (κ2) is 5.02. The maximum Gasteiger partial charge on any atom is 0.161 e. The Kier molecular flexibility index (Phi) is 3.37. The minimum Gasteiger partial charge on any atom is -0.486 e. The van der Waals surface area contributed by atoms with E-state index in [-0.39, 0.29) is 6.04 Å². The Morgan fingerprint density at radius 2 is 2.00 bits per heavy atom. The van der Waals surface area contributed by atoms with Crippen molar-refractivity contribution in [3.8, 4) is 11.5 Å². The first kappa shape index (κ1) is 12.8. The topological polar surface area (TPSA) is 50.7 Å². The van der Waals surface area contributed by atoms with Gasteiger partial charge in [0.25, 0.3) is 0 Å². The smallest absolute Gasteiger partial charge is 0.161 e. The Morgan fingerprint density at radius 1 is 1.26 bits per heavy atom. The van der Waals surface area contributed by atoms with Crippen molar-refractivity contribution in [2.24, 2.45) is 0 Å². The van der Waals surface area contributed by atoms with E-state index in [1.165, 1.54) is 0 Å². The largest absolute Gasteiger partial charge is 0.486 e. The zero-order chi connectivity index (χ0) is 13.3. The summed E-state index contributed by atoms with van der Waals surface area (Å²) < 4.78 is 11.1. The van der Waals surface area contributed by atoms with Gasteiger partial charge in [0, 0.05) is 12.6 Å². The Balaban J connectivity index is 1.64. The van der Waals surface area contributed by atoms with Crippen LogP contribution in [0.25, 0.3) is 0 Å². The lowest BCUT2D eigenvalue weighted by Gasteiger charge is -2.37. The van der Waals surface area contributed by atoms with E-state index in [2.05, 4.69) is 18.3 Å². The molecule has 0 bridgehead atoms. The molecule has 1 aromatic rings. The predicted molar refractivity (Wildman–Crippen MR) is 72.7 cm³/mol. The van der Waals surface area contributed by atoms with Crippen LogP contribution in [0.4, 0.5) is 0 Å². The summed E-state index contributed by atoms with van der Waals surface area (Å²) in [5.74, 6) is 1.64. The summed E-state index contributed by atoms with van der Waals surface area (Å²) in [6.07, 6.45) is 2.96. The highest BCUT2D eigenvalue weighted by Crippen LogP contribution is 2.34. The molecule has 4 heteroatoms. The molecule has 0 amide bonds. The molecule has 3 rings (SSSR count). The molecule has 19 heavy (non-hydrogen) atoms. The molecule has 0 saturated heterocycles. The molecule has 0 radical (unpaired) electrons. The summed E-state index contributed by atoms with van der Waals surface area (Å²) in [6, 6.07) is 6.23. The fourth-order valence-electron chi connectivity index (χ4n) is 2.55. The van der Waals surface area contributed by atoms with Crippen LogP contribution in [-0.2, 0) is 0 Å². The van der Waals surface area contributed by atoms with Crippen molar-refractivity contribution in [1.82, 2.24) is 5.32 Å². The van der Waals surface area contributed by atoms with Gasteiger partial charge in [-0.05, 0) is 43.9 Å². The van der Waals surface area contributed by atoms with Crippen LogP contribution in [0.3, 0.4) is 0 Å². The molecule has 1 aliphatic heterocycles. The van der Waals surface area contributed by atoms with Crippen molar-refractivity contribution in [3.05, 3.63) is 23.8 Å². The molecule has 1 aromatic carbocycles. The van der Waals surface area contributed by atoms with E-state index in [1.54, 1.807) is 0 Å². The number of fused-ring (bicyclic) bond motifs is 1. The second-order valence-electron chi connectivity index (χ2n) is 5.58. The van der Waals surface area contributed by atoms with Crippen LogP contribution < -0.4 is 14.8 Å². The lowest BCUT2D eigenvalue weighted by Crippen LogP contribution is -2.46. The van der Waals surface area contributed by atoms with Crippen LogP contribution in [0.2, 0.25) is 0 Å². The van der Waals surface area contributed by atoms with Crippen LogP contribution in [0, 0.1) is 0 Å². The minimum atomic E-state index is -0.484. The molecule has 1 fully saturated rings. The summed E-state index contributed by atoms with van der Waals surface area (Å²) in [5, 5.41) is 13.5. The number of nitrogens with one attached hydrogen (secondary N) is 1. The van der Waals surface area contributed by atoms with Crippen LogP contribution >= 0.6 is 0 Å². The van der Waals surface area contributed by atoms with Crippen molar-refractivity contribution in [3.63, 3.8) is 0 Å². The minimum absolute atomic E-state index is 0.195. The first-order chi connectivity index (χ1) is 9.16. The van der Waals surface area contributed by atoms with Crippen LogP contribution in [-0.4, -0.2) is 30.5 Å². The Morgan fingerprint density at radius 3 is 2.68 bits per heavy atom. The number of hydrogen-bond donors (Lipinski definition) is 2. The molecule has 1 heterocycles. The van der Waals surface area contributed by atoms with Crippen LogP contribution in [0.15, 0.2) is 18.2 Å². The second-order valence-corrected chi connectivity index (χ2v) is 5.58. The zero-order valence-corrected chi connectivity index (χ0v) is 11.3. The summed E-state index contributed by atoms with van der Waals surface area (Å²) >= 11 is 0. The highest BCUT2D eigenvalue weighted by molar-refractivity contribution is 5.44. The molecule has 1 unspecified atom stereocenters. The van der Waals surface area contributed by atoms with E-state index >= 15 is 0 Å². The number of ether oxygens (including phenoxy) is 2. The Labute approximate surface area is 113 Å². The first-order valence-electron chi connectivity index (χ1n) is 7.02. The van der Waals surface area contributed by atoms with Gasteiger partial charge in [0.1, 0.15) is 13.2 Å². The zero-order valence-electron chi connectivity index (χ0n) is 11.3. The number of rotatable bonds is 4. The molecule has 2 aliphatic rings. The quantitative estimate of drug-likeness (QED) is 0.872. The number of aliphatic hydroxyl groups is 1. The number of benzene rings is 1. The molecular formula is C15H21NO3. The molecule has 1 atom stereocenters. The monoisotopic (exact) mass is 263 g/mol. The maximum absolute atomic E-state index is 10.1. The lowest BCUT2D eigenvalue weighted by atomic mass is 9.80. The molecule has 4 nitrogen and oxygen atoms in total. The molecule has 0 spiro atoms. The van der Waals surface area contributed by atoms with Gasteiger partial charge in [-0.15, -0.1) is 0 Å². The van der Waals surface area contributed by atoms with Gasteiger partial charge < -0.3 is 19.9 Å². The van der Waals surface area contributed by atoms with Gasteiger partial charge in [0.15, 0.2) is 11.5 Å². The van der Waals surface area contributed by atoms with Crippen molar-refractivity contribution in [2.45, 2.75) is 37.8 Å². The molecule has 2 N–H and O–H groups in total. The van der Waals surface area contributed by atoms with E-state index < -0.39 is 5.60 Å².